The van der Waals surface area contributed by atoms with Gasteiger partial charge in [-0.3, -0.25) is 14.5 Å². The van der Waals surface area contributed by atoms with E-state index < -0.39 is 0 Å². The number of hydrogen-bond acceptors (Lipinski definition) is 5. The van der Waals surface area contributed by atoms with Crippen LogP contribution in [0.5, 0.6) is 5.75 Å². The summed E-state index contributed by atoms with van der Waals surface area (Å²) in [5.41, 5.74) is 1.83. The number of ether oxygens (including phenoxy) is 1. The van der Waals surface area contributed by atoms with Crippen LogP contribution in [0.25, 0.3) is 0 Å². The zero-order chi connectivity index (χ0) is 16.9. The van der Waals surface area contributed by atoms with E-state index in [-0.39, 0.29) is 11.8 Å². The topological polar surface area (TPSA) is 85.0 Å². The first-order chi connectivity index (χ1) is 11.7. The van der Waals surface area contributed by atoms with Crippen molar-refractivity contribution < 1.29 is 14.3 Å². The number of nitrogens with two attached hydrogens (primary N) is 1. The molecule has 0 aliphatic carbocycles. The minimum absolute atomic E-state index is 0.235. The van der Waals surface area contributed by atoms with Gasteiger partial charge in [0.05, 0.1) is 23.9 Å². The van der Waals surface area contributed by atoms with Gasteiger partial charge in [0.2, 0.25) is 0 Å². The standard InChI is InChI=1S/C18H17N3O3/c19-20-12-13-6-8-14(9-7-13)24-11-3-10-21-17(22)15-4-1-2-5-16(15)18(21)23/h1-2,4-9,12H,3,10-11,19H2. The summed E-state index contributed by atoms with van der Waals surface area (Å²) in [6, 6.07) is 14.2. The van der Waals surface area contributed by atoms with Crippen LogP contribution in [0.3, 0.4) is 0 Å². The largest absolute Gasteiger partial charge is 0.494 e. The summed E-state index contributed by atoms with van der Waals surface area (Å²) < 4.78 is 5.62. The molecule has 0 radical (unpaired) electrons. The molecule has 0 spiro atoms. The maximum atomic E-state index is 12.2. The van der Waals surface area contributed by atoms with Crippen LogP contribution in [0.1, 0.15) is 32.7 Å². The smallest absolute Gasteiger partial charge is 0.261 e. The Labute approximate surface area is 139 Å². The van der Waals surface area contributed by atoms with Crippen molar-refractivity contribution in [3.63, 3.8) is 0 Å². The molecule has 122 valence electrons. The zero-order valence-corrected chi connectivity index (χ0v) is 13.0. The normalized spacial score (nSPS) is 13.6. The Hall–Kier alpha value is -3.15. The van der Waals surface area contributed by atoms with Gasteiger partial charge in [-0.15, -0.1) is 0 Å². The number of benzene rings is 2. The first-order valence-electron chi connectivity index (χ1n) is 7.62. The Balaban J connectivity index is 1.51. The van der Waals surface area contributed by atoms with E-state index in [0.717, 1.165) is 5.56 Å². The molecule has 0 saturated heterocycles. The van der Waals surface area contributed by atoms with Crippen LogP contribution in [0.15, 0.2) is 53.6 Å². The van der Waals surface area contributed by atoms with E-state index in [4.69, 9.17) is 10.6 Å². The van der Waals surface area contributed by atoms with Gasteiger partial charge in [-0.05, 0) is 48.4 Å². The van der Waals surface area contributed by atoms with Crippen molar-refractivity contribution in [2.75, 3.05) is 13.2 Å². The number of nitrogens with zero attached hydrogens (tertiary/aromatic N) is 2. The second-order valence-electron chi connectivity index (χ2n) is 5.36. The van der Waals surface area contributed by atoms with Crippen LogP contribution < -0.4 is 10.6 Å². The molecule has 0 unspecified atom stereocenters. The van der Waals surface area contributed by atoms with Crippen molar-refractivity contribution in [3.8, 4) is 5.75 Å². The fourth-order valence-corrected chi connectivity index (χ4v) is 2.59. The molecule has 2 aromatic rings. The average molecular weight is 323 g/mol. The van der Waals surface area contributed by atoms with Crippen molar-refractivity contribution in [3.05, 3.63) is 65.2 Å². The molecule has 6 nitrogen and oxygen atoms in total. The lowest BCUT2D eigenvalue weighted by Gasteiger charge is -2.14. The van der Waals surface area contributed by atoms with Crippen molar-refractivity contribution in [2.45, 2.75) is 6.42 Å². The number of rotatable bonds is 6. The monoisotopic (exact) mass is 323 g/mol. The maximum Gasteiger partial charge on any atom is 0.261 e. The van der Waals surface area contributed by atoms with Crippen molar-refractivity contribution in [1.29, 1.82) is 0 Å². The fourth-order valence-electron chi connectivity index (χ4n) is 2.59. The number of fused-ring (bicyclic) bond motifs is 1. The lowest BCUT2D eigenvalue weighted by Crippen LogP contribution is -2.31. The summed E-state index contributed by atoms with van der Waals surface area (Å²) in [7, 11) is 0. The Kier molecular flexibility index (Phi) is 4.56. The highest BCUT2D eigenvalue weighted by molar-refractivity contribution is 6.21. The molecular weight excluding hydrogens is 306 g/mol. The molecule has 3 rings (SSSR count). The average Bonchev–Trinajstić information content (AvgIpc) is 2.85. The SMILES string of the molecule is NN=Cc1ccc(OCCCN2C(=O)c3ccccc3C2=O)cc1. The number of carbonyl (C=O) groups is 2. The highest BCUT2D eigenvalue weighted by atomic mass is 16.5. The van der Waals surface area contributed by atoms with Crippen molar-refractivity contribution >= 4 is 18.0 Å². The summed E-state index contributed by atoms with van der Waals surface area (Å²) in [4.78, 5) is 25.7. The molecule has 0 bridgehead atoms. The molecule has 1 heterocycles. The molecule has 24 heavy (non-hydrogen) atoms. The van der Waals surface area contributed by atoms with Crippen LogP contribution in [-0.4, -0.2) is 36.1 Å². The van der Waals surface area contributed by atoms with E-state index in [9.17, 15) is 9.59 Å². The van der Waals surface area contributed by atoms with Gasteiger partial charge in [0.25, 0.3) is 11.8 Å². The number of carbonyl (C=O) groups excluding carboxylic acids is 2. The molecule has 0 aromatic heterocycles. The molecule has 0 fully saturated rings. The van der Waals surface area contributed by atoms with Crippen LogP contribution in [0, 0.1) is 0 Å². The Morgan fingerprint density at radius 2 is 1.62 bits per heavy atom. The van der Waals surface area contributed by atoms with Gasteiger partial charge in [-0.2, -0.15) is 5.10 Å². The van der Waals surface area contributed by atoms with Gasteiger partial charge < -0.3 is 10.6 Å². The van der Waals surface area contributed by atoms with Crippen molar-refractivity contribution in [1.82, 2.24) is 4.90 Å². The van der Waals surface area contributed by atoms with E-state index in [0.29, 0.717) is 36.4 Å². The predicted octanol–water partition coefficient (Wildman–Crippen LogP) is 2.04. The Bertz CT molecular complexity index is 749. The lowest BCUT2D eigenvalue weighted by molar-refractivity contribution is 0.0647. The Morgan fingerprint density at radius 1 is 1.00 bits per heavy atom. The minimum atomic E-state index is -0.235. The molecule has 0 atom stereocenters. The van der Waals surface area contributed by atoms with E-state index in [1.165, 1.54) is 4.90 Å². The second kappa shape index (κ2) is 6.95. The molecule has 2 N–H and O–H groups in total. The van der Waals surface area contributed by atoms with E-state index in [1.807, 2.05) is 24.3 Å². The van der Waals surface area contributed by atoms with Gasteiger partial charge in [0.15, 0.2) is 0 Å². The van der Waals surface area contributed by atoms with Crippen LogP contribution >= 0.6 is 0 Å². The molecule has 2 amide bonds. The quantitative estimate of drug-likeness (QED) is 0.290. The number of imide groups is 1. The van der Waals surface area contributed by atoms with Gasteiger partial charge in [0.1, 0.15) is 5.75 Å². The Morgan fingerprint density at radius 3 is 2.21 bits per heavy atom. The molecule has 2 aromatic carbocycles. The number of hydrogen-bond donors (Lipinski definition) is 1. The van der Waals surface area contributed by atoms with Gasteiger partial charge >= 0.3 is 0 Å². The summed E-state index contributed by atoms with van der Waals surface area (Å²) >= 11 is 0. The minimum Gasteiger partial charge on any atom is -0.494 e. The summed E-state index contributed by atoms with van der Waals surface area (Å²) in [5, 5.41) is 3.45. The van der Waals surface area contributed by atoms with Crippen molar-refractivity contribution in [2.24, 2.45) is 10.9 Å². The third-order valence-electron chi connectivity index (χ3n) is 3.78. The highest BCUT2D eigenvalue weighted by Gasteiger charge is 2.34. The van der Waals surface area contributed by atoms with E-state index >= 15 is 0 Å². The van der Waals surface area contributed by atoms with Gasteiger partial charge in [0, 0.05) is 6.54 Å². The fraction of sp³-hybridized carbons (Fsp3) is 0.167. The van der Waals surface area contributed by atoms with Crippen LogP contribution in [0.2, 0.25) is 0 Å². The van der Waals surface area contributed by atoms with Gasteiger partial charge in [-0.25, -0.2) is 0 Å². The third-order valence-corrected chi connectivity index (χ3v) is 3.78. The molecule has 1 aliphatic rings. The number of hydrazone groups is 1. The summed E-state index contributed by atoms with van der Waals surface area (Å²) in [6.07, 6.45) is 2.11. The lowest BCUT2D eigenvalue weighted by atomic mass is 10.1. The van der Waals surface area contributed by atoms with Gasteiger partial charge in [-0.1, -0.05) is 12.1 Å². The van der Waals surface area contributed by atoms with Crippen LogP contribution in [-0.2, 0) is 0 Å². The molecule has 0 saturated carbocycles. The van der Waals surface area contributed by atoms with E-state index in [2.05, 4.69) is 5.10 Å². The van der Waals surface area contributed by atoms with E-state index in [1.54, 1.807) is 30.5 Å². The highest BCUT2D eigenvalue weighted by Crippen LogP contribution is 2.22. The second-order valence-corrected chi connectivity index (χ2v) is 5.36. The zero-order valence-electron chi connectivity index (χ0n) is 13.0. The molecule has 1 aliphatic heterocycles. The molecule has 6 heteroatoms. The maximum absolute atomic E-state index is 12.2. The first-order valence-corrected chi connectivity index (χ1v) is 7.62. The predicted molar refractivity (Wildman–Crippen MR) is 90.1 cm³/mol. The molecular formula is C18H17N3O3. The van der Waals surface area contributed by atoms with Crippen LogP contribution in [0.4, 0.5) is 0 Å². The summed E-state index contributed by atoms with van der Waals surface area (Å²) in [5.74, 6) is 5.33. The third kappa shape index (κ3) is 3.12. The number of amides is 2. The summed E-state index contributed by atoms with van der Waals surface area (Å²) in [6.45, 7) is 0.752. The first kappa shape index (κ1) is 15.7.